The second-order valence-corrected chi connectivity index (χ2v) is 7.51. The third kappa shape index (κ3) is 4.30. The fraction of sp³-hybridized carbons (Fsp3) is 0.167. The third-order valence-electron chi connectivity index (χ3n) is 3.81. The molecule has 9 heteroatoms. The van der Waals surface area contributed by atoms with Crippen LogP contribution < -0.4 is 0 Å². The first kappa shape index (κ1) is 19.4. The van der Waals surface area contributed by atoms with Crippen LogP contribution in [-0.2, 0) is 15.8 Å². The predicted octanol–water partition coefficient (Wildman–Crippen LogP) is 5.04. The van der Waals surface area contributed by atoms with Crippen LogP contribution >= 0.6 is 24.0 Å². The molecule has 140 valence electrons. The van der Waals surface area contributed by atoms with Crippen LogP contribution in [-0.4, -0.2) is 21.1 Å². The van der Waals surface area contributed by atoms with Crippen molar-refractivity contribution in [2.75, 3.05) is 0 Å². The van der Waals surface area contributed by atoms with Crippen molar-refractivity contribution < 1.29 is 32.3 Å². The molecule has 0 saturated carbocycles. The highest BCUT2D eigenvalue weighted by Gasteiger charge is 2.36. The van der Waals surface area contributed by atoms with Gasteiger partial charge in [0.25, 0.3) is 0 Å². The summed E-state index contributed by atoms with van der Waals surface area (Å²) in [4.78, 5) is 23.4. The van der Waals surface area contributed by atoms with E-state index in [1.165, 1.54) is 30.3 Å². The molecule has 1 aliphatic rings. The lowest BCUT2D eigenvalue weighted by atomic mass is 10.0. The molecular weight excluding hydrogens is 401 g/mol. The number of ketones is 1. The van der Waals surface area contributed by atoms with Crippen molar-refractivity contribution in [1.82, 2.24) is 0 Å². The van der Waals surface area contributed by atoms with E-state index in [0.717, 1.165) is 23.9 Å². The molecule has 4 nitrogen and oxygen atoms in total. The minimum absolute atomic E-state index is 0.216. The maximum Gasteiger partial charge on any atom is 0.416 e. The fourth-order valence-electron chi connectivity index (χ4n) is 2.52. The van der Waals surface area contributed by atoms with E-state index in [1.807, 2.05) is 0 Å². The number of aliphatic carboxylic acids is 1. The molecule has 1 saturated heterocycles. The number of rotatable bonds is 4. The highest BCUT2D eigenvalue weighted by Crippen LogP contribution is 2.38. The lowest BCUT2D eigenvalue weighted by molar-refractivity contribution is -0.139. The first-order valence-corrected chi connectivity index (χ1v) is 8.84. The number of allylic oxidation sites excluding steroid dienone is 1. The van der Waals surface area contributed by atoms with E-state index in [-0.39, 0.29) is 32.6 Å². The lowest BCUT2D eigenvalue weighted by Crippen LogP contribution is -2.17. The Balaban J connectivity index is 1.85. The number of thiocarbonyl (C=S) groups is 1. The molecule has 3 rings (SSSR count). The molecule has 0 spiro atoms. The van der Waals surface area contributed by atoms with Gasteiger partial charge in [0.1, 0.15) is 11.5 Å². The zero-order valence-corrected chi connectivity index (χ0v) is 15.1. The molecule has 2 heterocycles. The second kappa shape index (κ2) is 7.32. The van der Waals surface area contributed by atoms with E-state index in [1.54, 1.807) is 0 Å². The number of carboxylic acid groups (broad SMARTS) is 1. The number of Topliss-reactive ketones (excluding diaryl/α,β-unsaturated/α-hetero) is 1. The molecule has 0 radical (unpaired) electrons. The Labute approximate surface area is 161 Å². The van der Waals surface area contributed by atoms with Gasteiger partial charge in [0.2, 0.25) is 0 Å². The van der Waals surface area contributed by atoms with Crippen LogP contribution in [0, 0.1) is 5.92 Å². The number of hydrogen-bond acceptors (Lipinski definition) is 5. The normalized spacial score (nSPS) is 19.1. The van der Waals surface area contributed by atoms with Crippen molar-refractivity contribution >= 4 is 46.0 Å². The fourth-order valence-corrected chi connectivity index (χ4v) is 3.95. The van der Waals surface area contributed by atoms with Crippen LogP contribution in [0.2, 0.25) is 0 Å². The maximum atomic E-state index is 12.8. The monoisotopic (exact) mass is 412 g/mol. The number of carbonyl (C=O) groups is 2. The molecule has 1 N–H and O–H groups in total. The SMILES string of the molecule is O=C(O)CC1C(=O)/C(=C/c2ccc(-c3cccc(C(F)(F)F)c3)o2)SC1=S. The molecule has 0 bridgehead atoms. The molecule has 1 aromatic heterocycles. The van der Waals surface area contributed by atoms with Gasteiger partial charge in [-0.15, -0.1) is 0 Å². The summed E-state index contributed by atoms with van der Waals surface area (Å²) >= 11 is 6.06. The summed E-state index contributed by atoms with van der Waals surface area (Å²) in [5.74, 6) is -1.91. The Kier molecular flexibility index (Phi) is 5.25. The summed E-state index contributed by atoms with van der Waals surface area (Å²) in [5, 5.41) is 8.86. The van der Waals surface area contributed by atoms with Gasteiger partial charge in [-0.05, 0) is 30.3 Å². The number of alkyl halides is 3. The molecule has 1 unspecified atom stereocenters. The quantitative estimate of drug-likeness (QED) is 0.561. The highest BCUT2D eigenvalue weighted by atomic mass is 32.2. The van der Waals surface area contributed by atoms with Gasteiger partial charge in [0.05, 0.1) is 27.0 Å². The van der Waals surface area contributed by atoms with Crippen LogP contribution in [0.1, 0.15) is 17.7 Å². The van der Waals surface area contributed by atoms with E-state index in [4.69, 9.17) is 21.7 Å². The van der Waals surface area contributed by atoms with E-state index in [0.29, 0.717) is 0 Å². The number of halogens is 3. The molecule has 1 fully saturated rings. The van der Waals surface area contributed by atoms with Crippen LogP contribution in [0.4, 0.5) is 13.2 Å². The molecule has 0 amide bonds. The summed E-state index contributed by atoms with van der Waals surface area (Å²) < 4.78 is 44.3. The molecular formula is C18H11F3O4S2. The predicted molar refractivity (Wildman–Crippen MR) is 98.1 cm³/mol. The van der Waals surface area contributed by atoms with Crippen molar-refractivity contribution in [1.29, 1.82) is 0 Å². The first-order chi connectivity index (χ1) is 12.6. The van der Waals surface area contributed by atoms with Gasteiger partial charge in [-0.3, -0.25) is 9.59 Å². The second-order valence-electron chi connectivity index (χ2n) is 5.72. The standard InChI is InChI=1S/C18H11F3O4S2/c19-18(20,21)10-3-1-2-9(6-10)13-5-4-11(25-13)7-14-16(24)12(8-15(22)23)17(26)27-14/h1-7,12H,8H2,(H,22,23)/b14-7-. The summed E-state index contributed by atoms with van der Waals surface area (Å²) in [6, 6.07) is 7.72. The minimum Gasteiger partial charge on any atom is -0.481 e. The number of carboxylic acids is 1. The van der Waals surface area contributed by atoms with Gasteiger partial charge in [0.15, 0.2) is 5.78 Å². The van der Waals surface area contributed by atoms with Crippen LogP contribution in [0.25, 0.3) is 17.4 Å². The van der Waals surface area contributed by atoms with E-state index in [2.05, 4.69) is 0 Å². The number of carbonyl (C=O) groups excluding carboxylic acids is 1. The van der Waals surface area contributed by atoms with Gasteiger partial charge in [-0.25, -0.2) is 0 Å². The average molecular weight is 412 g/mol. The Morgan fingerprint density at radius 1 is 1.30 bits per heavy atom. The zero-order chi connectivity index (χ0) is 19.8. The number of furan rings is 1. The van der Waals surface area contributed by atoms with E-state index < -0.39 is 29.4 Å². The van der Waals surface area contributed by atoms with E-state index in [9.17, 15) is 22.8 Å². The smallest absolute Gasteiger partial charge is 0.416 e. The topological polar surface area (TPSA) is 67.5 Å². The Hall–Kier alpha value is -2.39. The molecule has 27 heavy (non-hydrogen) atoms. The van der Waals surface area contributed by atoms with Crippen LogP contribution in [0.3, 0.4) is 0 Å². The Bertz CT molecular complexity index is 960. The Morgan fingerprint density at radius 3 is 2.70 bits per heavy atom. The van der Waals surface area contributed by atoms with Crippen molar-refractivity contribution in [2.24, 2.45) is 5.92 Å². The molecule has 0 aliphatic carbocycles. The van der Waals surface area contributed by atoms with Crippen LogP contribution in [0.15, 0.2) is 45.7 Å². The molecule has 1 atom stereocenters. The van der Waals surface area contributed by atoms with Gasteiger partial charge in [-0.1, -0.05) is 36.1 Å². The molecule has 2 aromatic rings. The van der Waals surface area contributed by atoms with Crippen molar-refractivity contribution in [2.45, 2.75) is 12.6 Å². The van der Waals surface area contributed by atoms with Crippen molar-refractivity contribution in [3.63, 3.8) is 0 Å². The first-order valence-electron chi connectivity index (χ1n) is 7.62. The van der Waals surface area contributed by atoms with Gasteiger partial charge in [-0.2, -0.15) is 13.2 Å². The summed E-state index contributed by atoms with van der Waals surface area (Å²) in [5.41, 5.74) is -0.543. The van der Waals surface area contributed by atoms with Gasteiger partial charge < -0.3 is 9.52 Å². The number of hydrogen-bond donors (Lipinski definition) is 1. The minimum atomic E-state index is -4.46. The summed E-state index contributed by atoms with van der Waals surface area (Å²) in [6.07, 6.45) is -3.43. The van der Waals surface area contributed by atoms with Gasteiger partial charge >= 0.3 is 12.1 Å². The van der Waals surface area contributed by atoms with Crippen LogP contribution in [0.5, 0.6) is 0 Å². The number of benzene rings is 1. The highest BCUT2D eigenvalue weighted by molar-refractivity contribution is 8.27. The van der Waals surface area contributed by atoms with Crippen molar-refractivity contribution in [3.8, 4) is 11.3 Å². The maximum absolute atomic E-state index is 12.8. The van der Waals surface area contributed by atoms with E-state index >= 15 is 0 Å². The summed E-state index contributed by atoms with van der Waals surface area (Å²) in [7, 11) is 0. The van der Waals surface area contributed by atoms with Crippen molar-refractivity contribution in [3.05, 3.63) is 52.6 Å². The lowest BCUT2D eigenvalue weighted by Gasteiger charge is -2.07. The Morgan fingerprint density at radius 2 is 2.04 bits per heavy atom. The third-order valence-corrected chi connectivity index (χ3v) is 5.37. The summed E-state index contributed by atoms with van der Waals surface area (Å²) in [6.45, 7) is 0. The zero-order valence-electron chi connectivity index (χ0n) is 13.4. The molecule has 1 aromatic carbocycles. The molecule has 1 aliphatic heterocycles. The largest absolute Gasteiger partial charge is 0.481 e. The average Bonchev–Trinajstić information content (AvgIpc) is 3.15. The van der Waals surface area contributed by atoms with Gasteiger partial charge in [0, 0.05) is 5.56 Å². The number of thioether (sulfide) groups is 1.